The molecule has 3 rings (SSSR count). The Labute approximate surface area is 173 Å². The van der Waals surface area contributed by atoms with Crippen molar-refractivity contribution in [2.24, 2.45) is 10.9 Å². The molecule has 0 spiro atoms. The smallest absolute Gasteiger partial charge is 0.211 e. The average molecular weight is 428 g/mol. The van der Waals surface area contributed by atoms with E-state index in [9.17, 15) is 8.42 Å². The van der Waals surface area contributed by atoms with Gasteiger partial charge in [0.1, 0.15) is 5.01 Å². The summed E-state index contributed by atoms with van der Waals surface area (Å²) in [6, 6.07) is 0. The fourth-order valence-corrected chi connectivity index (χ4v) is 5.94. The van der Waals surface area contributed by atoms with Crippen LogP contribution in [-0.4, -0.2) is 68.0 Å². The minimum atomic E-state index is -3.07. The number of hydrogen-bond donors (Lipinski definition) is 1. The second-order valence-electron chi connectivity index (χ2n) is 7.84. The largest absolute Gasteiger partial charge is 0.357 e. The third kappa shape index (κ3) is 5.67. The van der Waals surface area contributed by atoms with Gasteiger partial charge in [0.2, 0.25) is 10.0 Å². The fourth-order valence-electron chi connectivity index (χ4n) is 3.86. The molecule has 1 saturated heterocycles. The summed E-state index contributed by atoms with van der Waals surface area (Å²) >= 11 is 1.85. The third-order valence-corrected chi connectivity index (χ3v) is 7.95. The summed E-state index contributed by atoms with van der Waals surface area (Å²) in [6.45, 7) is 5.63. The standard InChI is InChI=1S/C19H33N5O2S2/c1-4-20-19(21-13-15-9-11-24(12-10-15)28(3,25)26)23(2)14-18-22-16-7-5-6-8-17(16)27-18/h15H,4-14H2,1-3H3,(H,20,21). The predicted molar refractivity (Wildman–Crippen MR) is 115 cm³/mol. The molecule has 0 atom stereocenters. The van der Waals surface area contributed by atoms with Crippen LogP contribution in [0.3, 0.4) is 0 Å². The lowest BCUT2D eigenvalue weighted by Crippen LogP contribution is -2.40. The van der Waals surface area contributed by atoms with E-state index in [1.165, 1.54) is 41.1 Å². The van der Waals surface area contributed by atoms with Crippen LogP contribution in [0.4, 0.5) is 0 Å². The van der Waals surface area contributed by atoms with Gasteiger partial charge in [-0.1, -0.05) is 0 Å². The van der Waals surface area contributed by atoms with E-state index in [1.807, 2.05) is 11.3 Å². The molecule has 1 aliphatic heterocycles. The number of aryl methyl sites for hydroxylation is 2. The molecule has 0 bridgehead atoms. The number of nitrogens with one attached hydrogen (secondary N) is 1. The number of aromatic nitrogens is 1. The molecule has 0 unspecified atom stereocenters. The van der Waals surface area contributed by atoms with Crippen molar-refractivity contribution in [1.82, 2.24) is 19.5 Å². The lowest BCUT2D eigenvalue weighted by Gasteiger charge is -2.29. The normalized spacial score (nSPS) is 19.5. The van der Waals surface area contributed by atoms with Crippen molar-refractivity contribution >= 4 is 27.3 Å². The van der Waals surface area contributed by atoms with Gasteiger partial charge in [-0.25, -0.2) is 17.7 Å². The van der Waals surface area contributed by atoms with Crippen LogP contribution < -0.4 is 5.32 Å². The van der Waals surface area contributed by atoms with Crippen LogP contribution >= 0.6 is 11.3 Å². The van der Waals surface area contributed by atoms with Gasteiger partial charge in [0.05, 0.1) is 18.5 Å². The first-order valence-corrected chi connectivity index (χ1v) is 12.9. The van der Waals surface area contributed by atoms with Gasteiger partial charge in [-0.2, -0.15) is 0 Å². The quantitative estimate of drug-likeness (QED) is 0.556. The number of rotatable bonds is 6. The van der Waals surface area contributed by atoms with Crippen LogP contribution in [0, 0.1) is 5.92 Å². The van der Waals surface area contributed by atoms with Crippen LogP contribution in [0.15, 0.2) is 4.99 Å². The molecule has 1 fully saturated rings. The van der Waals surface area contributed by atoms with E-state index in [-0.39, 0.29) is 0 Å². The van der Waals surface area contributed by atoms with Gasteiger partial charge in [-0.15, -0.1) is 11.3 Å². The van der Waals surface area contributed by atoms with Crippen molar-refractivity contribution in [3.63, 3.8) is 0 Å². The van der Waals surface area contributed by atoms with Gasteiger partial charge in [-0.05, 0) is 51.4 Å². The second kappa shape index (κ2) is 9.54. The lowest BCUT2D eigenvalue weighted by atomic mass is 9.98. The number of sulfonamides is 1. The van der Waals surface area contributed by atoms with E-state index in [0.717, 1.165) is 44.9 Å². The number of guanidine groups is 1. The van der Waals surface area contributed by atoms with Gasteiger partial charge in [0, 0.05) is 38.1 Å². The van der Waals surface area contributed by atoms with E-state index in [1.54, 1.807) is 4.31 Å². The maximum absolute atomic E-state index is 11.7. The fraction of sp³-hybridized carbons (Fsp3) is 0.789. The van der Waals surface area contributed by atoms with Crippen LogP contribution in [0.25, 0.3) is 0 Å². The van der Waals surface area contributed by atoms with Crippen molar-refractivity contribution in [2.75, 3.05) is 39.5 Å². The van der Waals surface area contributed by atoms with Crippen LogP contribution in [0.1, 0.15) is 48.2 Å². The minimum absolute atomic E-state index is 0.437. The summed E-state index contributed by atoms with van der Waals surface area (Å²) in [5, 5.41) is 4.55. The Balaban J connectivity index is 1.57. The van der Waals surface area contributed by atoms with E-state index < -0.39 is 10.0 Å². The zero-order valence-corrected chi connectivity index (χ0v) is 18.9. The summed E-state index contributed by atoms with van der Waals surface area (Å²) < 4.78 is 24.9. The summed E-state index contributed by atoms with van der Waals surface area (Å²) in [5.41, 5.74) is 1.30. The molecule has 2 heterocycles. The second-order valence-corrected chi connectivity index (χ2v) is 11.0. The zero-order chi connectivity index (χ0) is 20.1. The molecule has 1 N–H and O–H groups in total. The van der Waals surface area contributed by atoms with Crippen molar-refractivity contribution in [3.05, 3.63) is 15.6 Å². The maximum Gasteiger partial charge on any atom is 0.211 e. The van der Waals surface area contributed by atoms with Gasteiger partial charge in [0.15, 0.2) is 5.96 Å². The molecule has 1 aromatic heterocycles. The number of piperidine rings is 1. The zero-order valence-electron chi connectivity index (χ0n) is 17.3. The van der Waals surface area contributed by atoms with Gasteiger partial charge >= 0.3 is 0 Å². The number of thiazole rings is 1. The Morgan fingerprint density at radius 1 is 1.32 bits per heavy atom. The van der Waals surface area contributed by atoms with Crippen LogP contribution in [-0.2, 0) is 29.4 Å². The Hall–Kier alpha value is -1.19. The van der Waals surface area contributed by atoms with Gasteiger partial charge in [-0.3, -0.25) is 4.99 Å². The van der Waals surface area contributed by atoms with E-state index in [2.05, 4.69) is 24.2 Å². The van der Waals surface area contributed by atoms with Crippen molar-refractivity contribution < 1.29 is 8.42 Å². The first-order chi connectivity index (χ1) is 13.4. The number of fused-ring (bicyclic) bond motifs is 1. The van der Waals surface area contributed by atoms with Crippen LogP contribution in [0.2, 0.25) is 0 Å². The third-order valence-electron chi connectivity index (χ3n) is 5.50. The molecular formula is C19H33N5O2S2. The molecule has 1 aromatic rings. The highest BCUT2D eigenvalue weighted by Crippen LogP contribution is 2.27. The van der Waals surface area contributed by atoms with E-state index in [0.29, 0.717) is 19.0 Å². The molecule has 0 amide bonds. The molecule has 0 saturated carbocycles. The summed E-state index contributed by atoms with van der Waals surface area (Å²) in [6.07, 6.45) is 7.88. The molecule has 158 valence electrons. The maximum atomic E-state index is 11.7. The SMILES string of the molecule is CCNC(=NCC1CCN(S(C)(=O)=O)CC1)N(C)Cc1nc2c(s1)CCCC2. The molecule has 2 aliphatic rings. The van der Waals surface area contributed by atoms with Crippen LogP contribution in [0.5, 0.6) is 0 Å². The molecule has 1 aliphatic carbocycles. The lowest BCUT2D eigenvalue weighted by molar-refractivity contribution is 0.279. The summed E-state index contributed by atoms with van der Waals surface area (Å²) in [7, 11) is -1.00. The first-order valence-electron chi connectivity index (χ1n) is 10.3. The molecule has 9 heteroatoms. The Bertz CT molecular complexity index is 759. The van der Waals surface area contributed by atoms with Crippen molar-refractivity contribution in [1.29, 1.82) is 0 Å². The Morgan fingerprint density at radius 3 is 2.68 bits per heavy atom. The van der Waals surface area contributed by atoms with E-state index in [4.69, 9.17) is 9.98 Å². The van der Waals surface area contributed by atoms with E-state index >= 15 is 0 Å². The van der Waals surface area contributed by atoms with Gasteiger partial charge < -0.3 is 10.2 Å². The summed E-state index contributed by atoms with van der Waals surface area (Å²) in [4.78, 5) is 13.3. The number of hydrogen-bond acceptors (Lipinski definition) is 5. The van der Waals surface area contributed by atoms with Crippen molar-refractivity contribution in [3.8, 4) is 0 Å². The Morgan fingerprint density at radius 2 is 2.04 bits per heavy atom. The highest BCUT2D eigenvalue weighted by Gasteiger charge is 2.25. The highest BCUT2D eigenvalue weighted by atomic mass is 32.2. The number of aliphatic imine (C=N–C) groups is 1. The minimum Gasteiger partial charge on any atom is -0.357 e. The molecule has 7 nitrogen and oxygen atoms in total. The Kier molecular flexibility index (Phi) is 7.33. The highest BCUT2D eigenvalue weighted by molar-refractivity contribution is 7.88. The average Bonchev–Trinajstić information content (AvgIpc) is 3.07. The predicted octanol–water partition coefficient (Wildman–Crippen LogP) is 2.09. The molecular weight excluding hydrogens is 394 g/mol. The topological polar surface area (TPSA) is 77.9 Å². The summed E-state index contributed by atoms with van der Waals surface area (Å²) in [5.74, 6) is 1.34. The van der Waals surface area contributed by atoms with Gasteiger partial charge in [0.25, 0.3) is 0 Å². The number of nitrogens with zero attached hydrogens (tertiary/aromatic N) is 4. The van der Waals surface area contributed by atoms with Crippen molar-refractivity contribution in [2.45, 2.75) is 52.0 Å². The monoisotopic (exact) mass is 427 g/mol. The molecule has 0 radical (unpaired) electrons. The first kappa shape index (κ1) is 21.5. The molecule has 28 heavy (non-hydrogen) atoms. The molecule has 0 aromatic carbocycles.